The zero-order chi connectivity index (χ0) is 13.1. The minimum Gasteiger partial charge on any atom is -0.298 e. The van der Waals surface area contributed by atoms with Crippen molar-refractivity contribution in [3.05, 3.63) is 34.3 Å². The molecule has 0 spiro atoms. The predicted molar refractivity (Wildman–Crippen MR) is 74.9 cm³/mol. The maximum Gasteiger partial charge on any atom is 0.146 e. The summed E-state index contributed by atoms with van der Waals surface area (Å²) in [5, 5.41) is 0.808. The number of hydrogen-bond acceptors (Lipinski definition) is 2. The van der Waals surface area contributed by atoms with Gasteiger partial charge in [0.2, 0.25) is 0 Å². The van der Waals surface area contributed by atoms with E-state index in [1.54, 1.807) is 6.92 Å². The Labute approximate surface area is 114 Å². The highest BCUT2D eigenvalue weighted by Gasteiger charge is 2.26. The normalized spacial score (nSPS) is 20.9. The van der Waals surface area contributed by atoms with Crippen LogP contribution >= 0.6 is 11.6 Å². The lowest BCUT2D eigenvalue weighted by atomic mass is 9.98. The summed E-state index contributed by atoms with van der Waals surface area (Å²) in [4.78, 5) is 13.9. The largest absolute Gasteiger partial charge is 0.298 e. The first kappa shape index (κ1) is 13.6. The standard InChI is InChI=1S/C15H20ClNO/c1-11-6-7-13(14(16)9-11)10-17-8-4-3-5-15(17)12(2)18/h6-7,9,15H,3-5,8,10H2,1-2H3. The van der Waals surface area contributed by atoms with Crippen LogP contribution in [0.25, 0.3) is 0 Å². The predicted octanol–water partition coefficient (Wildman–Crippen LogP) is 3.59. The first-order valence-electron chi connectivity index (χ1n) is 6.57. The van der Waals surface area contributed by atoms with Crippen molar-refractivity contribution >= 4 is 17.4 Å². The molecule has 0 amide bonds. The molecule has 3 heteroatoms. The van der Waals surface area contributed by atoms with Crippen LogP contribution in [0.4, 0.5) is 0 Å². The molecule has 0 bridgehead atoms. The summed E-state index contributed by atoms with van der Waals surface area (Å²) in [5.41, 5.74) is 2.29. The number of nitrogens with zero attached hydrogens (tertiary/aromatic N) is 1. The number of halogens is 1. The van der Waals surface area contributed by atoms with Gasteiger partial charge in [-0.25, -0.2) is 0 Å². The number of carbonyl (C=O) groups is 1. The van der Waals surface area contributed by atoms with Crippen LogP contribution in [0.3, 0.4) is 0 Å². The van der Waals surface area contributed by atoms with E-state index < -0.39 is 0 Å². The van der Waals surface area contributed by atoms with Gasteiger partial charge in [0.15, 0.2) is 0 Å². The van der Waals surface area contributed by atoms with Crippen LogP contribution in [0, 0.1) is 6.92 Å². The maximum atomic E-state index is 11.7. The molecule has 1 fully saturated rings. The Morgan fingerprint density at radius 1 is 1.44 bits per heavy atom. The molecule has 1 atom stereocenters. The molecule has 1 saturated heterocycles. The Hall–Kier alpha value is -0.860. The fraction of sp³-hybridized carbons (Fsp3) is 0.533. The molecule has 0 N–H and O–H groups in total. The van der Waals surface area contributed by atoms with E-state index in [2.05, 4.69) is 17.0 Å². The highest BCUT2D eigenvalue weighted by molar-refractivity contribution is 6.31. The van der Waals surface area contributed by atoms with Gasteiger partial charge in [-0.05, 0) is 50.4 Å². The van der Waals surface area contributed by atoms with E-state index in [1.807, 2.05) is 13.0 Å². The van der Waals surface area contributed by atoms with Gasteiger partial charge in [0.25, 0.3) is 0 Å². The molecule has 1 aromatic rings. The SMILES string of the molecule is CC(=O)C1CCCCN1Cc1ccc(C)cc1Cl. The number of Topliss-reactive ketones (excluding diaryl/α,β-unsaturated/α-hetero) is 1. The highest BCUT2D eigenvalue weighted by Crippen LogP contribution is 2.24. The number of benzene rings is 1. The lowest BCUT2D eigenvalue weighted by molar-refractivity contribution is -0.123. The summed E-state index contributed by atoms with van der Waals surface area (Å²) >= 11 is 6.26. The number of aryl methyl sites for hydroxylation is 1. The number of carbonyl (C=O) groups excluding carboxylic acids is 1. The van der Waals surface area contributed by atoms with Gasteiger partial charge in [-0.15, -0.1) is 0 Å². The molecule has 0 aromatic heterocycles. The van der Waals surface area contributed by atoms with Crippen molar-refractivity contribution in [2.24, 2.45) is 0 Å². The topological polar surface area (TPSA) is 20.3 Å². The summed E-state index contributed by atoms with van der Waals surface area (Å²) in [6.07, 6.45) is 3.31. The van der Waals surface area contributed by atoms with Crippen molar-refractivity contribution in [3.8, 4) is 0 Å². The third-order valence-electron chi connectivity index (χ3n) is 3.66. The molecular formula is C15H20ClNO. The molecule has 98 valence electrons. The monoisotopic (exact) mass is 265 g/mol. The number of hydrogen-bond donors (Lipinski definition) is 0. The molecule has 18 heavy (non-hydrogen) atoms. The van der Waals surface area contributed by atoms with Crippen molar-refractivity contribution in [3.63, 3.8) is 0 Å². The van der Waals surface area contributed by atoms with E-state index in [0.717, 1.165) is 36.5 Å². The smallest absolute Gasteiger partial charge is 0.146 e. The summed E-state index contributed by atoms with van der Waals surface area (Å²) in [6, 6.07) is 6.22. The van der Waals surface area contributed by atoms with Crippen LogP contribution < -0.4 is 0 Å². The van der Waals surface area contributed by atoms with Crippen LogP contribution in [0.15, 0.2) is 18.2 Å². The van der Waals surface area contributed by atoms with E-state index in [-0.39, 0.29) is 11.8 Å². The highest BCUT2D eigenvalue weighted by atomic mass is 35.5. The summed E-state index contributed by atoms with van der Waals surface area (Å²) in [6.45, 7) is 5.51. The van der Waals surface area contributed by atoms with E-state index in [1.165, 1.54) is 12.0 Å². The molecular weight excluding hydrogens is 246 g/mol. The molecule has 1 aliphatic rings. The van der Waals surface area contributed by atoms with Gasteiger partial charge in [0, 0.05) is 11.6 Å². The fourth-order valence-corrected chi connectivity index (χ4v) is 2.93. The quantitative estimate of drug-likeness (QED) is 0.832. The molecule has 0 radical (unpaired) electrons. The third kappa shape index (κ3) is 3.12. The van der Waals surface area contributed by atoms with Crippen LogP contribution in [0.1, 0.15) is 37.3 Å². The van der Waals surface area contributed by atoms with Gasteiger partial charge in [-0.1, -0.05) is 30.2 Å². The Morgan fingerprint density at radius 2 is 2.22 bits per heavy atom. The number of likely N-dealkylation sites (tertiary alicyclic amines) is 1. The van der Waals surface area contributed by atoms with Crippen molar-refractivity contribution < 1.29 is 4.79 Å². The molecule has 1 aromatic carbocycles. The van der Waals surface area contributed by atoms with E-state index in [4.69, 9.17) is 11.6 Å². The maximum absolute atomic E-state index is 11.7. The third-order valence-corrected chi connectivity index (χ3v) is 4.02. The zero-order valence-corrected chi connectivity index (χ0v) is 11.8. The molecule has 2 rings (SSSR count). The fourth-order valence-electron chi connectivity index (χ4n) is 2.64. The number of rotatable bonds is 3. The van der Waals surface area contributed by atoms with Gasteiger partial charge < -0.3 is 0 Å². The summed E-state index contributed by atoms with van der Waals surface area (Å²) in [7, 11) is 0. The van der Waals surface area contributed by atoms with Crippen molar-refractivity contribution in [2.45, 2.75) is 45.7 Å². The Kier molecular flexibility index (Phi) is 4.41. The Bertz CT molecular complexity index is 444. The second-order valence-electron chi connectivity index (χ2n) is 5.19. The molecule has 1 unspecified atom stereocenters. The van der Waals surface area contributed by atoms with Crippen molar-refractivity contribution in [1.82, 2.24) is 4.90 Å². The van der Waals surface area contributed by atoms with Crippen LogP contribution in [-0.2, 0) is 11.3 Å². The van der Waals surface area contributed by atoms with Gasteiger partial charge in [0.05, 0.1) is 6.04 Å². The average Bonchev–Trinajstić information content (AvgIpc) is 2.33. The van der Waals surface area contributed by atoms with Gasteiger partial charge in [-0.3, -0.25) is 9.69 Å². The van der Waals surface area contributed by atoms with E-state index >= 15 is 0 Å². The first-order valence-corrected chi connectivity index (χ1v) is 6.95. The Balaban J connectivity index is 2.13. The summed E-state index contributed by atoms with van der Waals surface area (Å²) in [5.74, 6) is 0.276. The van der Waals surface area contributed by atoms with E-state index in [0.29, 0.717) is 0 Å². The first-order chi connectivity index (χ1) is 8.58. The van der Waals surface area contributed by atoms with Gasteiger partial charge in [-0.2, -0.15) is 0 Å². The van der Waals surface area contributed by atoms with Crippen molar-refractivity contribution in [2.75, 3.05) is 6.54 Å². The second kappa shape index (κ2) is 5.85. The van der Waals surface area contributed by atoms with Gasteiger partial charge >= 0.3 is 0 Å². The van der Waals surface area contributed by atoms with Gasteiger partial charge in [0.1, 0.15) is 5.78 Å². The van der Waals surface area contributed by atoms with Crippen molar-refractivity contribution in [1.29, 1.82) is 0 Å². The molecule has 0 aliphatic carbocycles. The zero-order valence-electron chi connectivity index (χ0n) is 11.1. The molecule has 0 saturated carbocycles. The molecule has 1 heterocycles. The lowest BCUT2D eigenvalue weighted by Gasteiger charge is -2.34. The van der Waals surface area contributed by atoms with Crippen LogP contribution in [0.2, 0.25) is 5.02 Å². The molecule has 2 nitrogen and oxygen atoms in total. The summed E-state index contributed by atoms with van der Waals surface area (Å²) < 4.78 is 0. The second-order valence-corrected chi connectivity index (χ2v) is 5.59. The van der Waals surface area contributed by atoms with E-state index in [9.17, 15) is 4.79 Å². The average molecular weight is 266 g/mol. The molecule has 1 aliphatic heterocycles. The number of piperidine rings is 1. The Morgan fingerprint density at radius 3 is 2.89 bits per heavy atom. The minimum absolute atomic E-state index is 0.0797. The number of ketones is 1. The van der Waals surface area contributed by atoms with Crippen LogP contribution in [0.5, 0.6) is 0 Å². The van der Waals surface area contributed by atoms with Crippen LogP contribution in [-0.4, -0.2) is 23.3 Å². The lowest BCUT2D eigenvalue weighted by Crippen LogP contribution is -2.43. The minimum atomic E-state index is 0.0797.